The van der Waals surface area contributed by atoms with Gasteiger partial charge in [0.2, 0.25) is 0 Å². The average molecular weight is 121 g/mol. The molecule has 0 aromatic heterocycles. The van der Waals surface area contributed by atoms with E-state index in [0.29, 0.717) is 5.41 Å². The fraction of sp³-hybridized carbons (Fsp3) is 0.800. The third-order valence-electron chi connectivity index (χ3n) is 0.387. The third kappa shape index (κ3) is 4.45. The van der Waals surface area contributed by atoms with E-state index in [0.717, 1.165) is 0 Å². The van der Waals surface area contributed by atoms with Gasteiger partial charge in [-0.05, 0) is 0 Å². The maximum atomic E-state index is 2.47. The zero-order chi connectivity index (χ0) is 5.21. The molecule has 0 heterocycles. The van der Waals surface area contributed by atoms with Gasteiger partial charge in [-0.1, -0.05) is 0 Å². The van der Waals surface area contributed by atoms with E-state index in [-0.39, 0.29) is 0 Å². The summed E-state index contributed by atoms with van der Waals surface area (Å²) in [4.78, 5) is 0. The fourth-order valence-corrected chi connectivity index (χ4v) is 0. The zero-order valence-corrected chi connectivity index (χ0v) is 5.92. The van der Waals surface area contributed by atoms with Gasteiger partial charge in [-0.15, -0.1) is 0 Å². The van der Waals surface area contributed by atoms with Crippen LogP contribution in [-0.4, -0.2) is 4.73 Å². The molecule has 0 radical (unpaired) electrons. The van der Waals surface area contributed by atoms with Crippen LogP contribution in [0.15, 0.2) is 0 Å². The second-order valence-electron chi connectivity index (χ2n) is 2.50. The first-order valence-corrected chi connectivity index (χ1v) is 2.85. The first kappa shape index (κ1) is 6.45. The van der Waals surface area contributed by atoms with E-state index in [1.54, 1.807) is 0 Å². The molecule has 0 fully saturated rings. The molecule has 0 aliphatic heterocycles. The van der Waals surface area contributed by atoms with E-state index in [1.165, 1.54) is 0 Å². The first-order valence-electron chi connectivity index (χ1n) is 2.05. The molecule has 0 saturated carbocycles. The second kappa shape index (κ2) is 1.95. The Labute approximate surface area is 48.4 Å². The van der Waals surface area contributed by atoms with Crippen LogP contribution in [0, 0.1) is 5.41 Å². The summed E-state index contributed by atoms with van der Waals surface area (Å²) in [6, 6.07) is 0. The fourth-order valence-electron chi connectivity index (χ4n) is 0. The SMILES string of the molecule is CC(C)(C)[CH]=[V+2]. The van der Waals surface area contributed by atoms with Gasteiger partial charge < -0.3 is 0 Å². The van der Waals surface area contributed by atoms with Crippen LogP contribution in [0.25, 0.3) is 0 Å². The molecule has 1 heteroatoms. The van der Waals surface area contributed by atoms with Gasteiger partial charge in [0.25, 0.3) is 0 Å². The van der Waals surface area contributed by atoms with Crippen LogP contribution in [0.3, 0.4) is 0 Å². The van der Waals surface area contributed by atoms with Crippen molar-refractivity contribution in [2.45, 2.75) is 20.8 Å². The average Bonchev–Trinajstić information content (AvgIpc) is 1.35. The third-order valence-corrected chi connectivity index (χ3v) is 1.60. The molecular weight excluding hydrogens is 111 g/mol. The number of hydrogen-bond acceptors (Lipinski definition) is 0. The van der Waals surface area contributed by atoms with E-state index in [1.807, 2.05) is 0 Å². The summed E-state index contributed by atoms with van der Waals surface area (Å²) in [5, 5.41) is 0. The van der Waals surface area contributed by atoms with Crippen LogP contribution in [0.2, 0.25) is 0 Å². The Morgan fingerprint density at radius 3 is 1.50 bits per heavy atom. The van der Waals surface area contributed by atoms with Crippen LogP contribution in [-0.2, 0) is 17.0 Å². The van der Waals surface area contributed by atoms with E-state index in [4.69, 9.17) is 0 Å². The van der Waals surface area contributed by atoms with Crippen LogP contribution in [0.5, 0.6) is 0 Å². The molecule has 0 atom stereocenters. The van der Waals surface area contributed by atoms with E-state index < -0.39 is 0 Å². The minimum atomic E-state index is 0.389. The Hall–Kier alpha value is 0.454. The molecule has 0 aromatic rings. The van der Waals surface area contributed by atoms with Gasteiger partial charge in [-0.25, -0.2) is 0 Å². The maximum absolute atomic E-state index is 2.47. The van der Waals surface area contributed by atoms with Gasteiger partial charge in [-0.2, -0.15) is 0 Å². The molecule has 0 amide bonds. The van der Waals surface area contributed by atoms with Gasteiger partial charge in [0.05, 0.1) is 0 Å². The van der Waals surface area contributed by atoms with Gasteiger partial charge in [-0.3, -0.25) is 0 Å². The van der Waals surface area contributed by atoms with Crippen LogP contribution < -0.4 is 0 Å². The van der Waals surface area contributed by atoms with E-state index in [9.17, 15) is 0 Å². The van der Waals surface area contributed by atoms with Gasteiger partial charge in [0, 0.05) is 0 Å². The molecule has 33 valence electrons. The van der Waals surface area contributed by atoms with Crippen molar-refractivity contribution >= 4 is 4.73 Å². The van der Waals surface area contributed by atoms with Crippen molar-refractivity contribution in [3.05, 3.63) is 0 Å². The Balaban J connectivity index is 3.45. The Morgan fingerprint density at radius 2 is 1.50 bits per heavy atom. The monoisotopic (exact) mass is 121 g/mol. The predicted octanol–water partition coefficient (Wildman–Crippen LogP) is 1.38. The van der Waals surface area contributed by atoms with Crippen molar-refractivity contribution in [3.63, 3.8) is 0 Å². The first-order chi connectivity index (χ1) is 2.56. The molecule has 0 N–H and O–H groups in total. The molecule has 6 heavy (non-hydrogen) atoms. The summed E-state index contributed by atoms with van der Waals surface area (Å²) in [5.74, 6) is 0. The van der Waals surface area contributed by atoms with Gasteiger partial charge in [0.1, 0.15) is 0 Å². The Morgan fingerprint density at radius 1 is 1.33 bits per heavy atom. The molecule has 0 aliphatic rings. The van der Waals surface area contributed by atoms with Crippen molar-refractivity contribution in [1.29, 1.82) is 0 Å². The molecule has 0 aromatic carbocycles. The van der Waals surface area contributed by atoms with Gasteiger partial charge in [0.15, 0.2) is 0 Å². The Kier molecular flexibility index (Phi) is 2.10. The summed E-state index contributed by atoms with van der Waals surface area (Å²) < 4.78 is 2.12. The number of hydrogen-bond donors (Lipinski definition) is 0. The van der Waals surface area contributed by atoms with E-state index >= 15 is 0 Å². The van der Waals surface area contributed by atoms with Crippen molar-refractivity contribution in [2.75, 3.05) is 0 Å². The summed E-state index contributed by atoms with van der Waals surface area (Å²) in [6.45, 7) is 6.52. The summed E-state index contributed by atoms with van der Waals surface area (Å²) in [5.41, 5.74) is 0.389. The second-order valence-corrected chi connectivity index (χ2v) is 2.90. The topological polar surface area (TPSA) is 0 Å². The minimum absolute atomic E-state index is 0.389. The van der Waals surface area contributed by atoms with Crippen molar-refractivity contribution in [3.8, 4) is 0 Å². The summed E-state index contributed by atoms with van der Waals surface area (Å²) >= 11 is 2.47. The standard InChI is InChI=1S/C5H10.V/c1-5(2,3)4;/h1H,2-4H3;/q;+2. The number of rotatable bonds is 0. The van der Waals surface area contributed by atoms with Gasteiger partial charge >= 0.3 is 47.9 Å². The quantitative estimate of drug-likeness (QED) is 0.454. The zero-order valence-electron chi connectivity index (χ0n) is 4.52. The predicted molar refractivity (Wildman–Crippen MR) is 25.5 cm³/mol. The molecule has 0 rings (SSSR count). The van der Waals surface area contributed by atoms with Crippen molar-refractivity contribution in [2.24, 2.45) is 5.41 Å². The summed E-state index contributed by atoms with van der Waals surface area (Å²) in [7, 11) is 0. The van der Waals surface area contributed by atoms with Crippen molar-refractivity contribution < 1.29 is 17.0 Å². The molecule has 0 aliphatic carbocycles. The normalized spacial score (nSPS) is 11.5. The van der Waals surface area contributed by atoms with Crippen LogP contribution in [0.1, 0.15) is 20.8 Å². The molecule has 0 saturated heterocycles. The van der Waals surface area contributed by atoms with Crippen molar-refractivity contribution in [1.82, 2.24) is 0 Å². The molecule has 0 bridgehead atoms. The molecule has 0 nitrogen and oxygen atoms in total. The molecule has 0 spiro atoms. The van der Waals surface area contributed by atoms with Crippen LogP contribution >= 0.6 is 0 Å². The Bertz CT molecular complexity index is 49.4. The van der Waals surface area contributed by atoms with Crippen LogP contribution in [0.4, 0.5) is 0 Å². The molecular formula is C5H10V+2. The summed E-state index contributed by atoms with van der Waals surface area (Å²) in [6.07, 6.45) is 0. The molecule has 0 unspecified atom stereocenters. The van der Waals surface area contributed by atoms with E-state index in [2.05, 4.69) is 42.5 Å².